The third-order valence-electron chi connectivity index (χ3n) is 2.07. The molecule has 88 valence electrons. The fourth-order valence-electron chi connectivity index (χ4n) is 1.37. The van der Waals surface area contributed by atoms with E-state index in [1.807, 2.05) is 20.8 Å². The molecule has 0 saturated carbocycles. The summed E-state index contributed by atoms with van der Waals surface area (Å²) >= 11 is 0. The van der Waals surface area contributed by atoms with E-state index in [1.54, 1.807) is 0 Å². The molecular weight excluding hydrogens is 198 g/mol. The number of morpholine rings is 1. The van der Waals surface area contributed by atoms with Crippen LogP contribution in [0.1, 0.15) is 20.8 Å². The maximum atomic E-state index is 11.7. The summed E-state index contributed by atoms with van der Waals surface area (Å²) in [6, 6.07) is -0.284. The maximum Gasteiger partial charge on any atom is 0.410 e. The summed E-state index contributed by atoms with van der Waals surface area (Å²) in [5, 5.41) is 9.08. The van der Waals surface area contributed by atoms with Gasteiger partial charge in [0.1, 0.15) is 5.60 Å². The van der Waals surface area contributed by atoms with Gasteiger partial charge in [-0.2, -0.15) is 0 Å². The molecular formula is C10H19NO4. The number of ether oxygens (including phenoxy) is 2. The fourth-order valence-corrected chi connectivity index (χ4v) is 1.37. The summed E-state index contributed by atoms with van der Waals surface area (Å²) in [5.41, 5.74) is -0.505. The Balaban J connectivity index is 2.56. The normalized spacial score (nSPS) is 22.7. The van der Waals surface area contributed by atoms with Crippen molar-refractivity contribution in [2.45, 2.75) is 32.4 Å². The largest absolute Gasteiger partial charge is 0.444 e. The number of carbonyl (C=O) groups is 1. The molecule has 0 spiro atoms. The van der Waals surface area contributed by atoms with Crippen molar-refractivity contribution >= 4 is 6.09 Å². The minimum Gasteiger partial charge on any atom is -0.444 e. The summed E-state index contributed by atoms with van der Waals surface area (Å²) in [4.78, 5) is 13.2. The molecule has 0 aromatic carbocycles. The van der Waals surface area contributed by atoms with Gasteiger partial charge in [0.05, 0.1) is 25.9 Å². The van der Waals surface area contributed by atoms with Crippen molar-refractivity contribution in [2.75, 3.05) is 26.4 Å². The van der Waals surface area contributed by atoms with Crippen molar-refractivity contribution in [3.8, 4) is 0 Å². The van der Waals surface area contributed by atoms with E-state index in [9.17, 15) is 4.79 Å². The lowest BCUT2D eigenvalue weighted by molar-refractivity contribution is -0.0443. The topological polar surface area (TPSA) is 59.0 Å². The van der Waals surface area contributed by atoms with Crippen LogP contribution in [0.15, 0.2) is 0 Å². The molecule has 1 aliphatic rings. The quantitative estimate of drug-likeness (QED) is 0.699. The van der Waals surface area contributed by atoms with Gasteiger partial charge in [-0.05, 0) is 20.8 Å². The predicted octanol–water partition coefficient (Wildman–Crippen LogP) is 0.615. The van der Waals surface area contributed by atoms with Crippen molar-refractivity contribution in [3.63, 3.8) is 0 Å². The molecule has 1 heterocycles. The molecule has 5 heteroatoms. The van der Waals surface area contributed by atoms with Crippen molar-refractivity contribution in [1.82, 2.24) is 4.90 Å². The molecule has 0 aromatic heterocycles. The SMILES string of the molecule is CC(C)(C)OC(=O)N1CCOC[C@H]1CO. The third-order valence-corrected chi connectivity index (χ3v) is 2.07. The molecule has 15 heavy (non-hydrogen) atoms. The van der Waals surface area contributed by atoms with E-state index < -0.39 is 5.60 Å². The zero-order valence-corrected chi connectivity index (χ0v) is 9.52. The van der Waals surface area contributed by atoms with E-state index in [0.29, 0.717) is 19.8 Å². The van der Waals surface area contributed by atoms with Crippen molar-refractivity contribution in [2.24, 2.45) is 0 Å². The van der Waals surface area contributed by atoms with Gasteiger partial charge in [0.25, 0.3) is 0 Å². The van der Waals surface area contributed by atoms with E-state index in [2.05, 4.69) is 0 Å². The standard InChI is InChI=1S/C10H19NO4/c1-10(2,3)15-9(13)11-4-5-14-7-8(11)6-12/h8,12H,4-7H2,1-3H3/t8-/m1/s1. The van der Waals surface area contributed by atoms with Gasteiger partial charge in [-0.1, -0.05) is 0 Å². The summed E-state index contributed by atoms with van der Waals surface area (Å²) in [6.45, 7) is 6.70. The Morgan fingerprint density at radius 1 is 1.60 bits per heavy atom. The first-order valence-corrected chi connectivity index (χ1v) is 5.12. The van der Waals surface area contributed by atoms with Gasteiger partial charge in [0, 0.05) is 6.54 Å². The third kappa shape index (κ3) is 3.68. The van der Waals surface area contributed by atoms with E-state index in [0.717, 1.165) is 0 Å². The van der Waals surface area contributed by atoms with Crippen LogP contribution in [0.2, 0.25) is 0 Å². The van der Waals surface area contributed by atoms with Gasteiger partial charge in [0.15, 0.2) is 0 Å². The predicted molar refractivity (Wildman–Crippen MR) is 54.6 cm³/mol. The molecule has 0 bridgehead atoms. The van der Waals surface area contributed by atoms with Crippen LogP contribution in [0.25, 0.3) is 0 Å². The highest BCUT2D eigenvalue weighted by Crippen LogP contribution is 2.14. The number of carbonyl (C=O) groups excluding carboxylic acids is 1. The highest BCUT2D eigenvalue weighted by molar-refractivity contribution is 5.68. The summed E-state index contributed by atoms with van der Waals surface area (Å²) in [6.07, 6.45) is -0.384. The lowest BCUT2D eigenvalue weighted by Crippen LogP contribution is -2.51. The van der Waals surface area contributed by atoms with Gasteiger partial charge < -0.3 is 14.6 Å². The van der Waals surface area contributed by atoms with Crippen molar-refractivity contribution in [3.05, 3.63) is 0 Å². The van der Waals surface area contributed by atoms with E-state index in [1.165, 1.54) is 4.90 Å². The number of hydrogen-bond donors (Lipinski definition) is 1. The van der Waals surface area contributed by atoms with Crippen molar-refractivity contribution < 1.29 is 19.4 Å². The Morgan fingerprint density at radius 3 is 2.80 bits per heavy atom. The second-order valence-corrected chi connectivity index (χ2v) is 4.59. The Hall–Kier alpha value is -0.810. The van der Waals surface area contributed by atoms with Crippen LogP contribution < -0.4 is 0 Å². The Bertz CT molecular complexity index is 224. The number of aliphatic hydroxyl groups excluding tert-OH is 1. The number of rotatable bonds is 1. The smallest absolute Gasteiger partial charge is 0.410 e. The number of nitrogens with zero attached hydrogens (tertiary/aromatic N) is 1. The van der Waals surface area contributed by atoms with Crippen LogP contribution in [0.4, 0.5) is 4.79 Å². The van der Waals surface area contributed by atoms with Gasteiger partial charge in [-0.3, -0.25) is 4.90 Å². The first kappa shape index (κ1) is 12.3. The van der Waals surface area contributed by atoms with Crippen LogP contribution in [0, 0.1) is 0 Å². The average Bonchev–Trinajstić information content (AvgIpc) is 2.15. The monoisotopic (exact) mass is 217 g/mol. The molecule has 0 aromatic rings. The van der Waals surface area contributed by atoms with Crippen LogP contribution in [-0.2, 0) is 9.47 Å². The van der Waals surface area contributed by atoms with Crippen LogP contribution >= 0.6 is 0 Å². The van der Waals surface area contributed by atoms with E-state index in [-0.39, 0.29) is 18.7 Å². The summed E-state index contributed by atoms with van der Waals surface area (Å²) in [7, 11) is 0. The zero-order chi connectivity index (χ0) is 11.5. The molecule has 1 saturated heterocycles. The molecule has 1 N–H and O–H groups in total. The van der Waals surface area contributed by atoms with Crippen LogP contribution in [-0.4, -0.2) is 54.1 Å². The molecule has 0 radical (unpaired) electrons. The lowest BCUT2D eigenvalue weighted by atomic mass is 10.2. The zero-order valence-electron chi connectivity index (χ0n) is 9.52. The maximum absolute atomic E-state index is 11.7. The molecule has 1 fully saturated rings. The molecule has 1 amide bonds. The second kappa shape index (κ2) is 4.81. The van der Waals surface area contributed by atoms with Gasteiger partial charge in [-0.15, -0.1) is 0 Å². The molecule has 0 unspecified atom stereocenters. The Morgan fingerprint density at radius 2 is 2.27 bits per heavy atom. The highest BCUT2D eigenvalue weighted by Gasteiger charge is 2.30. The fraction of sp³-hybridized carbons (Fsp3) is 0.900. The van der Waals surface area contributed by atoms with Gasteiger partial charge >= 0.3 is 6.09 Å². The number of hydrogen-bond acceptors (Lipinski definition) is 4. The van der Waals surface area contributed by atoms with Crippen LogP contribution in [0.3, 0.4) is 0 Å². The van der Waals surface area contributed by atoms with E-state index >= 15 is 0 Å². The van der Waals surface area contributed by atoms with Crippen molar-refractivity contribution in [1.29, 1.82) is 0 Å². The Kier molecular flexibility index (Phi) is 3.93. The van der Waals surface area contributed by atoms with Crippen LogP contribution in [0.5, 0.6) is 0 Å². The minimum atomic E-state index is -0.505. The summed E-state index contributed by atoms with van der Waals surface area (Å²) < 4.78 is 10.4. The molecule has 1 rings (SSSR count). The molecule has 1 aliphatic heterocycles. The summed E-state index contributed by atoms with van der Waals surface area (Å²) in [5.74, 6) is 0. The second-order valence-electron chi connectivity index (χ2n) is 4.59. The molecule has 5 nitrogen and oxygen atoms in total. The van der Waals surface area contributed by atoms with Gasteiger partial charge in [-0.25, -0.2) is 4.79 Å². The first-order chi connectivity index (χ1) is 6.94. The highest BCUT2D eigenvalue weighted by atomic mass is 16.6. The van der Waals surface area contributed by atoms with Gasteiger partial charge in [0.2, 0.25) is 0 Å². The minimum absolute atomic E-state index is 0.0980. The molecule has 1 atom stereocenters. The average molecular weight is 217 g/mol. The number of amides is 1. The first-order valence-electron chi connectivity index (χ1n) is 5.12. The number of aliphatic hydroxyl groups is 1. The van der Waals surface area contributed by atoms with E-state index in [4.69, 9.17) is 14.6 Å². The lowest BCUT2D eigenvalue weighted by Gasteiger charge is -2.35. The molecule has 0 aliphatic carbocycles. The Labute approximate surface area is 90.0 Å².